The minimum Gasteiger partial charge on any atom is -0.481 e. The molecule has 1 saturated heterocycles. The number of nitrogens with zero attached hydrogens (tertiary/aromatic N) is 1. The monoisotopic (exact) mass is 518 g/mol. The lowest BCUT2D eigenvalue weighted by Gasteiger charge is -2.29. The Labute approximate surface area is 207 Å². The summed E-state index contributed by atoms with van der Waals surface area (Å²) in [5.74, 6) is -3.40. The second-order valence-corrected chi connectivity index (χ2v) is 10.2. The summed E-state index contributed by atoms with van der Waals surface area (Å²) >= 11 is 0. The molecule has 192 valence electrons. The molecule has 0 unspecified atom stereocenters. The molecule has 2 aromatic carbocycles. The van der Waals surface area contributed by atoms with E-state index < -0.39 is 45.7 Å². The van der Waals surface area contributed by atoms with Gasteiger partial charge in [0.15, 0.2) is 9.84 Å². The first-order chi connectivity index (χ1) is 16.9. The average Bonchev–Trinajstić information content (AvgIpc) is 3.27. The van der Waals surface area contributed by atoms with Crippen LogP contribution in [0.5, 0.6) is 0 Å². The van der Waals surface area contributed by atoms with Gasteiger partial charge in [0.2, 0.25) is 11.8 Å². The van der Waals surface area contributed by atoms with Crippen LogP contribution < -0.4 is 16.4 Å². The van der Waals surface area contributed by atoms with Gasteiger partial charge in [-0.3, -0.25) is 19.7 Å². The molecule has 3 rings (SSSR count). The number of sulfone groups is 1. The number of ether oxygens (including phenoxy) is 1. The third-order valence-electron chi connectivity index (χ3n) is 5.79. The minimum atomic E-state index is -3.82. The summed E-state index contributed by atoms with van der Waals surface area (Å²) in [6, 6.07) is 9.03. The van der Waals surface area contributed by atoms with E-state index in [0.29, 0.717) is 5.69 Å². The SMILES string of the molecule is COC(=O)Nc1ccc(S(C)(=O)=O)c([C@H]2[C@@H](C(=O)O)CCN2C(=O)CNc2cccc(C(N)=O)c2)c1. The quantitative estimate of drug-likeness (QED) is 0.401. The summed E-state index contributed by atoms with van der Waals surface area (Å²) in [6.45, 7) is -0.180. The molecule has 0 radical (unpaired) electrons. The van der Waals surface area contributed by atoms with Crippen LogP contribution >= 0.6 is 0 Å². The van der Waals surface area contributed by atoms with E-state index in [-0.39, 0.29) is 41.2 Å². The fourth-order valence-corrected chi connectivity index (χ4v) is 5.06. The summed E-state index contributed by atoms with van der Waals surface area (Å²) < 4.78 is 29.6. The Balaban J connectivity index is 1.97. The van der Waals surface area contributed by atoms with Gasteiger partial charge in [-0.15, -0.1) is 0 Å². The Morgan fingerprint density at radius 3 is 2.47 bits per heavy atom. The molecule has 3 amide bonds. The number of hydrogen-bond donors (Lipinski definition) is 4. The molecule has 2 aromatic rings. The van der Waals surface area contributed by atoms with E-state index in [0.717, 1.165) is 13.4 Å². The number of carboxylic acid groups (broad SMARTS) is 1. The van der Waals surface area contributed by atoms with E-state index in [2.05, 4.69) is 15.4 Å². The molecule has 1 aliphatic heterocycles. The molecule has 0 saturated carbocycles. The Morgan fingerprint density at radius 1 is 1.14 bits per heavy atom. The molecule has 12 nitrogen and oxygen atoms in total. The number of carbonyl (C=O) groups excluding carboxylic acids is 3. The molecule has 0 aliphatic carbocycles. The van der Waals surface area contributed by atoms with Crippen LogP contribution in [0.4, 0.5) is 16.2 Å². The zero-order chi connectivity index (χ0) is 26.6. The van der Waals surface area contributed by atoms with Crippen LogP contribution in [0.25, 0.3) is 0 Å². The van der Waals surface area contributed by atoms with Gasteiger partial charge in [0.25, 0.3) is 0 Å². The van der Waals surface area contributed by atoms with Crippen molar-refractivity contribution in [2.45, 2.75) is 17.4 Å². The summed E-state index contributed by atoms with van der Waals surface area (Å²) in [7, 11) is -2.66. The summed E-state index contributed by atoms with van der Waals surface area (Å²) in [6.07, 6.45) is 0.272. The van der Waals surface area contributed by atoms with E-state index >= 15 is 0 Å². The number of methoxy groups -OCH3 is 1. The second-order valence-electron chi connectivity index (χ2n) is 8.21. The Hall–Kier alpha value is -4.13. The van der Waals surface area contributed by atoms with Gasteiger partial charge in [-0.2, -0.15) is 0 Å². The molecular weight excluding hydrogens is 492 g/mol. The first-order valence-electron chi connectivity index (χ1n) is 10.8. The zero-order valence-corrected chi connectivity index (χ0v) is 20.4. The maximum Gasteiger partial charge on any atom is 0.411 e. The van der Waals surface area contributed by atoms with Gasteiger partial charge in [-0.25, -0.2) is 13.2 Å². The largest absolute Gasteiger partial charge is 0.481 e. The normalized spacial score (nSPS) is 17.3. The smallest absolute Gasteiger partial charge is 0.411 e. The van der Waals surface area contributed by atoms with E-state index in [1.54, 1.807) is 12.1 Å². The van der Waals surface area contributed by atoms with Crippen LogP contribution in [0, 0.1) is 5.92 Å². The highest BCUT2D eigenvalue weighted by molar-refractivity contribution is 7.90. The molecule has 0 aromatic heterocycles. The number of aliphatic carboxylic acids is 1. The Bertz CT molecular complexity index is 1310. The van der Waals surface area contributed by atoms with Crippen molar-refractivity contribution in [1.29, 1.82) is 0 Å². The number of nitrogens with one attached hydrogen (secondary N) is 2. The number of hydrogen-bond acceptors (Lipinski definition) is 8. The highest BCUT2D eigenvalue weighted by atomic mass is 32.2. The number of amides is 3. The van der Waals surface area contributed by atoms with Crippen molar-refractivity contribution in [3.8, 4) is 0 Å². The third kappa shape index (κ3) is 5.92. The Morgan fingerprint density at radius 2 is 1.86 bits per heavy atom. The molecule has 13 heteroatoms. The van der Waals surface area contributed by atoms with Crippen molar-refractivity contribution in [2.75, 3.05) is 37.1 Å². The van der Waals surface area contributed by atoms with Gasteiger partial charge >= 0.3 is 12.1 Å². The number of rotatable bonds is 8. The first-order valence-corrected chi connectivity index (χ1v) is 12.7. The van der Waals surface area contributed by atoms with Gasteiger partial charge < -0.3 is 25.8 Å². The predicted molar refractivity (Wildman–Crippen MR) is 129 cm³/mol. The molecule has 5 N–H and O–H groups in total. The standard InChI is InChI=1S/C23H26N4O8S/c1-35-23(32)26-15-6-7-18(36(2,33)34)17(11-15)20-16(22(30)31)8-9-27(20)19(28)12-25-14-5-3-4-13(10-14)21(24)29/h3-7,10-11,16,20,25H,8-9,12H2,1-2H3,(H2,24,29)(H,26,32)(H,30,31)/t16-,20+/m0/s1. The fourth-order valence-electron chi connectivity index (χ4n) is 4.14. The van der Waals surface area contributed by atoms with Crippen LogP contribution in [-0.4, -0.2) is 68.8 Å². The fraction of sp³-hybridized carbons (Fsp3) is 0.304. The molecule has 36 heavy (non-hydrogen) atoms. The summed E-state index contributed by atoms with van der Waals surface area (Å²) in [5, 5.41) is 15.2. The maximum atomic E-state index is 13.2. The molecule has 2 atom stereocenters. The number of benzene rings is 2. The van der Waals surface area contributed by atoms with Crippen molar-refractivity contribution >= 4 is 45.1 Å². The average molecular weight is 519 g/mol. The van der Waals surface area contributed by atoms with Crippen LogP contribution in [0.1, 0.15) is 28.4 Å². The van der Waals surface area contributed by atoms with Crippen LogP contribution in [0.3, 0.4) is 0 Å². The highest BCUT2D eigenvalue weighted by Crippen LogP contribution is 2.41. The van der Waals surface area contributed by atoms with Crippen molar-refractivity contribution < 1.29 is 37.4 Å². The lowest BCUT2D eigenvalue weighted by atomic mass is 9.93. The number of nitrogens with two attached hydrogens (primary N) is 1. The highest BCUT2D eigenvalue weighted by Gasteiger charge is 2.43. The topological polar surface area (TPSA) is 185 Å². The van der Waals surface area contributed by atoms with Crippen molar-refractivity contribution in [2.24, 2.45) is 11.7 Å². The molecule has 1 fully saturated rings. The molecule has 0 bridgehead atoms. The van der Waals surface area contributed by atoms with Crippen LogP contribution in [0.2, 0.25) is 0 Å². The lowest BCUT2D eigenvalue weighted by Crippen LogP contribution is -2.38. The molecular formula is C23H26N4O8S. The van der Waals surface area contributed by atoms with Crippen molar-refractivity contribution in [3.63, 3.8) is 0 Å². The predicted octanol–water partition coefficient (Wildman–Crippen LogP) is 1.45. The minimum absolute atomic E-state index is 0.0698. The molecule has 1 heterocycles. The van der Waals surface area contributed by atoms with Gasteiger partial charge in [0.05, 0.1) is 30.5 Å². The number of carbonyl (C=O) groups is 4. The van der Waals surface area contributed by atoms with Gasteiger partial charge in [-0.05, 0) is 48.4 Å². The number of carboxylic acids is 1. The maximum absolute atomic E-state index is 13.2. The Kier molecular flexibility index (Phi) is 7.83. The van der Waals surface area contributed by atoms with Crippen molar-refractivity contribution in [3.05, 3.63) is 53.6 Å². The molecule has 0 spiro atoms. The number of likely N-dealkylation sites (tertiary alicyclic amines) is 1. The zero-order valence-electron chi connectivity index (χ0n) is 19.6. The van der Waals surface area contributed by atoms with Gasteiger partial charge in [0, 0.05) is 29.7 Å². The third-order valence-corrected chi connectivity index (χ3v) is 6.96. The van der Waals surface area contributed by atoms with E-state index in [9.17, 15) is 32.7 Å². The van der Waals surface area contributed by atoms with Gasteiger partial charge in [-0.1, -0.05) is 6.07 Å². The summed E-state index contributed by atoms with van der Waals surface area (Å²) in [5.41, 5.74) is 6.22. The van der Waals surface area contributed by atoms with E-state index in [4.69, 9.17) is 5.73 Å². The first kappa shape index (κ1) is 26.5. The lowest BCUT2D eigenvalue weighted by molar-refractivity contribution is -0.143. The van der Waals surface area contributed by atoms with E-state index in [1.807, 2.05) is 0 Å². The molecule has 1 aliphatic rings. The van der Waals surface area contributed by atoms with Crippen LogP contribution in [0.15, 0.2) is 47.4 Å². The number of anilines is 2. The van der Waals surface area contributed by atoms with E-state index in [1.165, 1.54) is 35.2 Å². The second kappa shape index (κ2) is 10.6. The van der Waals surface area contributed by atoms with Gasteiger partial charge in [0.1, 0.15) is 0 Å². The summed E-state index contributed by atoms with van der Waals surface area (Å²) in [4.78, 5) is 49.5. The van der Waals surface area contributed by atoms with Crippen molar-refractivity contribution in [1.82, 2.24) is 4.90 Å². The van der Waals surface area contributed by atoms with Crippen LogP contribution in [-0.2, 0) is 24.2 Å². The number of primary amides is 1.